The van der Waals surface area contributed by atoms with E-state index in [4.69, 9.17) is 4.74 Å². The van der Waals surface area contributed by atoms with Gasteiger partial charge >= 0.3 is 0 Å². The minimum atomic E-state index is 0.298. The van der Waals surface area contributed by atoms with Crippen LogP contribution in [-0.2, 0) is 11.3 Å². The molecule has 2 rings (SSSR count). The fourth-order valence-electron chi connectivity index (χ4n) is 2.64. The molecule has 0 amide bonds. The lowest BCUT2D eigenvalue weighted by Crippen LogP contribution is -2.30. The number of rotatable bonds is 5. The van der Waals surface area contributed by atoms with E-state index >= 15 is 0 Å². The summed E-state index contributed by atoms with van der Waals surface area (Å²) < 4.78 is 6.91. The van der Waals surface area contributed by atoms with Crippen LogP contribution in [0.5, 0.6) is 0 Å². The molecule has 4 heteroatoms. The van der Waals surface area contributed by atoms with E-state index in [0.29, 0.717) is 12.0 Å². The number of anilines is 1. The van der Waals surface area contributed by atoms with E-state index in [1.165, 1.54) is 15.7 Å². The highest BCUT2D eigenvalue weighted by Crippen LogP contribution is 2.28. The number of nitrogens with one attached hydrogen (secondary N) is 1. The van der Waals surface area contributed by atoms with Gasteiger partial charge in [0.05, 0.1) is 11.8 Å². The summed E-state index contributed by atoms with van der Waals surface area (Å²) >= 11 is 3.74. The molecule has 1 aliphatic rings. The van der Waals surface area contributed by atoms with Crippen LogP contribution in [0, 0.1) is 5.92 Å². The van der Waals surface area contributed by atoms with Crippen molar-refractivity contribution < 1.29 is 4.74 Å². The molecule has 1 N–H and O–H groups in total. The predicted octanol–water partition coefficient (Wildman–Crippen LogP) is 3.81. The zero-order chi connectivity index (χ0) is 15.2. The number of ether oxygens (including phenoxy) is 1. The molecule has 1 heterocycles. The SMILES string of the molecule is CC(C)CNCc1ccc(N2CCCOC(C)C2)c(Br)c1. The molecule has 1 aromatic carbocycles. The van der Waals surface area contributed by atoms with Gasteiger partial charge in [0.2, 0.25) is 0 Å². The molecule has 0 spiro atoms. The van der Waals surface area contributed by atoms with E-state index in [2.05, 4.69) is 65.1 Å². The summed E-state index contributed by atoms with van der Waals surface area (Å²) in [6.45, 7) is 11.5. The number of hydrogen-bond donors (Lipinski definition) is 1. The Hall–Kier alpha value is -0.580. The van der Waals surface area contributed by atoms with Crippen molar-refractivity contribution in [2.24, 2.45) is 5.92 Å². The van der Waals surface area contributed by atoms with Crippen LogP contribution < -0.4 is 10.2 Å². The molecule has 1 aromatic rings. The molecule has 0 aromatic heterocycles. The van der Waals surface area contributed by atoms with Crippen molar-refractivity contribution >= 4 is 21.6 Å². The van der Waals surface area contributed by atoms with Crippen LogP contribution in [-0.4, -0.2) is 32.3 Å². The van der Waals surface area contributed by atoms with Crippen molar-refractivity contribution in [3.05, 3.63) is 28.2 Å². The normalized spacial score (nSPS) is 19.9. The quantitative estimate of drug-likeness (QED) is 0.869. The molecule has 0 radical (unpaired) electrons. The van der Waals surface area contributed by atoms with Crippen molar-refractivity contribution in [3.8, 4) is 0 Å². The molecule has 0 saturated carbocycles. The largest absolute Gasteiger partial charge is 0.377 e. The van der Waals surface area contributed by atoms with Gasteiger partial charge in [-0.25, -0.2) is 0 Å². The predicted molar refractivity (Wildman–Crippen MR) is 92.9 cm³/mol. The zero-order valence-corrected chi connectivity index (χ0v) is 14.9. The van der Waals surface area contributed by atoms with Gasteiger partial charge in [0.25, 0.3) is 0 Å². The van der Waals surface area contributed by atoms with Crippen molar-refractivity contribution in [2.45, 2.75) is 39.8 Å². The first-order valence-corrected chi connectivity index (χ1v) is 8.71. The Labute approximate surface area is 137 Å². The summed E-state index contributed by atoms with van der Waals surface area (Å²) in [5, 5.41) is 3.49. The highest BCUT2D eigenvalue weighted by atomic mass is 79.9. The van der Waals surface area contributed by atoms with E-state index in [9.17, 15) is 0 Å². The van der Waals surface area contributed by atoms with Gasteiger partial charge in [-0.3, -0.25) is 0 Å². The van der Waals surface area contributed by atoms with Crippen LogP contribution in [0.15, 0.2) is 22.7 Å². The first-order chi connectivity index (χ1) is 10.1. The third-order valence-corrected chi connectivity index (χ3v) is 4.32. The summed E-state index contributed by atoms with van der Waals surface area (Å²) in [4.78, 5) is 2.42. The average Bonchev–Trinajstić information content (AvgIpc) is 2.63. The van der Waals surface area contributed by atoms with Crippen LogP contribution in [0.25, 0.3) is 0 Å². The summed E-state index contributed by atoms with van der Waals surface area (Å²) in [5.74, 6) is 0.686. The molecule has 21 heavy (non-hydrogen) atoms. The van der Waals surface area contributed by atoms with E-state index in [1.54, 1.807) is 0 Å². The standard InChI is InChI=1S/C17H27BrN2O/c1-13(2)10-19-11-15-5-6-17(16(18)9-15)20-7-4-8-21-14(3)12-20/h5-6,9,13-14,19H,4,7-8,10-12H2,1-3H3. The summed E-state index contributed by atoms with van der Waals surface area (Å²) in [6.07, 6.45) is 1.39. The van der Waals surface area contributed by atoms with Gasteiger partial charge in [-0.15, -0.1) is 0 Å². The first kappa shape index (κ1) is 16.8. The average molecular weight is 355 g/mol. The molecular formula is C17H27BrN2O. The second-order valence-electron chi connectivity index (χ2n) is 6.29. The van der Waals surface area contributed by atoms with E-state index < -0.39 is 0 Å². The Morgan fingerprint density at radius 1 is 1.43 bits per heavy atom. The lowest BCUT2D eigenvalue weighted by molar-refractivity contribution is 0.0821. The third-order valence-electron chi connectivity index (χ3n) is 3.69. The molecular weight excluding hydrogens is 328 g/mol. The van der Waals surface area contributed by atoms with Crippen molar-refractivity contribution in [2.75, 3.05) is 31.1 Å². The van der Waals surface area contributed by atoms with Crippen LogP contribution >= 0.6 is 15.9 Å². The van der Waals surface area contributed by atoms with Gasteiger partial charge in [0, 0.05) is 30.7 Å². The Kier molecular flexibility index (Phi) is 6.52. The first-order valence-electron chi connectivity index (χ1n) is 7.92. The highest BCUT2D eigenvalue weighted by Gasteiger charge is 2.17. The number of nitrogens with zero attached hydrogens (tertiary/aromatic N) is 1. The molecule has 1 aliphatic heterocycles. The van der Waals surface area contributed by atoms with Crippen LogP contribution in [0.4, 0.5) is 5.69 Å². The Morgan fingerprint density at radius 3 is 2.95 bits per heavy atom. The van der Waals surface area contributed by atoms with Crippen LogP contribution in [0.1, 0.15) is 32.8 Å². The number of hydrogen-bond acceptors (Lipinski definition) is 3. The second-order valence-corrected chi connectivity index (χ2v) is 7.15. The second kappa shape index (κ2) is 8.16. The molecule has 118 valence electrons. The van der Waals surface area contributed by atoms with E-state index in [1.807, 2.05) is 0 Å². The maximum Gasteiger partial charge on any atom is 0.0721 e. The lowest BCUT2D eigenvalue weighted by Gasteiger charge is -2.26. The number of halogens is 1. The smallest absolute Gasteiger partial charge is 0.0721 e. The molecule has 3 nitrogen and oxygen atoms in total. The Morgan fingerprint density at radius 2 is 2.24 bits per heavy atom. The van der Waals surface area contributed by atoms with Crippen molar-refractivity contribution in [1.82, 2.24) is 5.32 Å². The van der Waals surface area contributed by atoms with Crippen molar-refractivity contribution in [3.63, 3.8) is 0 Å². The van der Waals surface area contributed by atoms with Crippen LogP contribution in [0.2, 0.25) is 0 Å². The number of benzene rings is 1. The summed E-state index contributed by atoms with van der Waals surface area (Å²) in [5.41, 5.74) is 2.60. The Balaban J connectivity index is 2.01. The molecule has 1 saturated heterocycles. The van der Waals surface area contributed by atoms with Gasteiger partial charge in [0.1, 0.15) is 0 Å². The lowest BCUT2D eigenvalue weighted by atomic mass is 10.1. The highest BCUT2D eigenvalue weighted by molar-refractivity contribution is 9.10. The van der Waals surface area contributed by atoms with E-state index in [0.717, 1.165) is 39.2 Å². The molecule has 0 bridgehead atoms. The monoisotopic (exact) mass is 354 g/mol. The molecule has 1 fully saturated rings. The minimum absolute atomic E-state index is 0.298. The van der Waals surface area contributed by atoms with Crippen molar-refractivity contribution in [1.29, 1.82) is 0 Å². The fraction of sp³-hybridized carbons (Fsp3) is 0.647. The maximum atomic E-state index is 5.73. The molecule has 0 aliphatic carbocycles. The fourth-order valence-corrected chi connectivity index (χ4v) is 3.31. The van der Waals surface area contributed by atoms with Gasteiger partial charge in [0.15, 0.2) is 0 Å². The Bertz CT molecular complexity index is 450. The molecule has 1 unspecified atom stereocenters. The summed E-state index contributed by atoms with van der Waals surface area (Å²) in [6, 6.07) is 6.69. The third kappa shape index (κ3) is 5.28. The minimum Gasteiger partial charge on any atom is -0.377 e. The van der Waals surface area contributed by atoms with Gasteiger partial charge in [-0.1, -0.05) is 19.9 Å². The van der Waals surface area contributed by atoms with Gasteiger partial charge in [-0.2, -0.15) is 0 Å². The zero-order valence-electron chi connectivity index (χ0n) is 13.4. The van der Waals surface area contributed by atoms with Gasteiger partial charge in [-0.05, 0) is 59.4 Å². The van der Waals surface area contributed by atoms with Gasteiger partial charge < -0.3 is 15.0 Å². The maximum absolute atomic E-state index is 5.73. The van der Waals surface area contributed by atoms with Crippen LogP contribution in [0.3, 0.4) is 0 Å². The topological polar surface area (TPSA) is 24.5 Å². The molecule has 1 atom stereocenters. The summed E-state index contributed by atoms with van der Waals surface area (Å²) in [7, 11) is 0. The van der Waals surface area contributed by atoms with E-state index in [-0.39, 0.29) is 0 Å².